The number of carbonyl (C=O) groups excluding carboxylic acids is 2. The zero-order valence-corrected chi connectivity index (χ0v) is 23.0. The fourth-order valence-corrected chi connectivity index (χ4v) is 10.9. The largest absolute Gasteiger partial charge is 0.393 e. The molecule has 5 aliphatic carbocycles. The monoisotopic (exact) mass is 468 g/mol. The Balaban J connectivity index is 1.63. The second-order valence-corrected chi connectivity index (χ2v) is 15.2. The van der Waals surface area contributed by atoms with E-state index in [0.717, 1.165) is 51.4 Å². The molecule has 190 valence electrons. The van der Waals surface area contributed by atoms with Gasteiger partial charge in [-0.25, -0.2) is 0 Å². The first-order valence-electron chi connectivity index (χ1n) is 14.0. The highest BCUT2D eigenvalue weighted by Crippen LogP contribution is 2.75. The van der Waals surface area contributed by atoms with Crippen molar-refractivity contribution < 1.29 is 14.7 Å². The zero-order valence-electron chi connectivity index (χ0n) is 23.0. The lowest BCUT2D eigenvalue weighted by molar-refractivity contribution is -0.219. The molecule has 0 amide bonds. The van der Waals surface area contributed by atoms with Crippen molar-refractivity contribution in [3.05, 3.63) is 11.6 Å². The Kier molecular flexibility index (Phi) is 5.15. The summed E-state index contributed by atoms with van der Waals surface area (Å²) in [6.45, 7) is 18.1. The predicted octanol–water partition coefficient (Wildman–Crippen LogP) is 6.92. The van der Waals surface area contributed by atoms with Crippen molar-refractivity contribution in [3.8, 4) is 0 Å². The van der Waals surface area contributed by atoms with Crippen LogP contribution in [0.25, 0.3) is 0 Å². The van der Waals surface area contributed by atoms with Crippen LogP contribution in [0.15, 0.2) is 11.6 Å². The van der Waals surface area contributed by atoms with Gasteiger partial charge >= 0.3 is 0 Å². The summed E-state index contributed by atoms with van der Waals surface area (Å²) in [5.74, 6) is 1.52. The molecule has 0 aromatic carbocycles. The van der Waals surface area contributed by atoms with E-state index in [9.17, 15) is 14.7 Å². The maximum absolute atomic E-state index is 13.2. The highest BCUT2D eigenvalue weighted by molar-refractivity contribution is 5.86. The van der Waals surface area contributed by atoms with Crippen molar-refractivity contribution in [3.63, 3.8) is 0 Å². The SMILES string of the molecule is CC(=O)[C@]12CCC(C)(C)CC1C1=CCC3[C@@]4(C)CCC(=O)C(C)(C)C4[C@H](O)C[C@@]3(C)[C@]1(C)CC2. The minimum absolute atomic E-state index is 0.00644. The Bertz CT molecular complexity index is 958. The Hall–Kier alpha value is -0.960. The fraction of sp³-hybridized carbons (Fsp3) is 0.871. The standard InChI is InChI=1S/C31H48O3/c1-19(32)31-15-13-26(2,3)17-21(31)20-9-10-23-28(6)12-11-24(34)27(4,5)25(28)22(33)18-30(23,8)29(20,7)14-16-31/h9,21-23,25,33H,10-18H2,1-8H3/t21?,22-,23?,25?,28-,29-,30-,31-/m1/s1. The molecule has 34 heavy (non-hydrogen) atoms. The minimum Gasteiger partial charge on any atom is -0.393 e. The third-order valence-electron chi connectivity index (χ3n) is 13.0. The van der Waals surface area contributed by atoms with Crippen molar-refractivity contribution in [2.24, 2.45) is 50.2 Å². The summed E-state index contributed by atoms with van der Waals surface area (Å²) in [6.07, 6.45) is 10.7. The number of ketones is 2. The molecule has 4 saturated carbocycles. The van der Waals surface area contributed by atoms with Crippen LogP contribution in [0.4, 0.5) is 0 Å². The molecular weight excluding hydrogens is 420 g/mol. The topological polar surface area (TPSA) is 54.4 Å². The molecule has 3 nitrogen and oxygen atoms in total. The van der Waals surface area contributed by atoms with Gasteiger partial charge in [-0.3, -0.25) is 9.59 Å². The third-order valence-corrected chi connectivity index (χ3v) is 13.0. The highest BCUT2D eigenvalue weighted by atomic mass is 16.3. The minimum atomic E-state index is -0.470. The first kappa shape index (κ1) is 24.7. The van der Waals surface area contributed by atoms with Gasteiger partial charge in [-0.05, 0) is 91.8 Å². The van der Waals surface area contributed by atoms with Gasteiger partial charge in [0.05, 0.1) is 6.10 Å². The quantitative estimate of drug-likeness (QED) is 0.425. The summed E-state index contributed by atoms with van der Waals surface area (Å²) < 4.78 is 0. The molecular formula is C31H48O3. The van der Waals surface area contributed by atoms with Gasteiger partial charge in [-0.2, -0.15) is 0 Å². The first-order chi connectivity index (χ1) is 15.6. The number of carbonyl (C=O) groups is 2. The van der Waals surface area contributed by atoms with Crippen LogP contribution in [0, 0.1) is 50.2 Å². The lowest BCUT2D eigenvalue weighted by Crippen LogP contribution is -2.67. The van der Waals surface area contributed by atoms with Crippen molar-refractivity contribution in [1.29, 1.82) is 0 Å². The van der Waals surface area contributed by atoms with E-state index in [1.165, 1.54) is 0 Å². The summed E-state index contributed by atoms with van der Waals surface area (Å²) in [5, 5.41) is 11.8. The Morgan fingerprint density at radius 1 is 0.941 bits per heavy atom. The summed E-state index contributed by atoms with van der Waals surface area (Å²) >= 11 is 0. The fourth-order valence-electron chi connectivity index (χ4n) is 10.9. The molecule has 0 aromatic rings. The number of Topliss-reactive ketones (excluding diaryl/α,β-unsaturated/α-hetero) is 2. The first-order valence-corrected chi connectivity index (χ1v) is 14.0. The Morgan fingerprint density at radius 2 is 1.59 bits per heavy atom. The molecule has 0 radical (unpaired) electrons. The second-order valence-electron chi connectivity index (χ2n) is 15.2. The normalized spacial score (nSPS) is 51.3. The number of hydrogen-bond donors (Lipinski definition) is 1. The van der Waals surface area contributed by atoms with E-state index in [1.54, 1.807) is 5.57 Å². The number of hydrogen-bond acceptors (Lipinski definition) is 3. The van der Waals surface area contributed by atoms with Gasteiger partial charge in [0.15, 0.2) is 0 Å². The molecule has 0 heterocycles. The molecule has 5 aliphatic rings. The van der Waals surface area contributed by atoms with Gasteiger partial charge < -0.3 is 5.11 Å². The van der Waals surface area contributed by atoms with Crippen molar-refractivity contribution in [1.82, 2.24) is 0 Å². The van der Waals surface area contributed by atoms with Crippen LogP contribution in [0.5, 0.6) is 0 Å². The highest BCUT2D eigenvalue weighted by Gasteiger charge is 2.70. The molecule has 0 saturated heterocycles. The zero-order chi connectivity index (χ0) is 25.1. The van der Waals surface area contributed by atoms with Crippen molar-refractivity contribution >= 4 is 11.6 Å². The molecule has 0 aliphatic heterocycles. The lowest BCUT2D eigenvalue weighted by Gasteiger charge is -2.71. The lowest BCUT2D eigenvalue weighted by atomic mass is 9.33. The second kappa shape index (κ2) is 7.08. The van der Waals surface area contributed by atoms with E-state index in [1.807, 2.05) is 6.92 Å². The summed E-state index contributed by atoms with van der Waals surface area (Å²) in [7, 11) is 0. The van der Waals surface area contributed by atoms with Crippen molar-refractivity contribution in [2.75, 3.05) is 0 Å². The van der Waals surface area contributed by atoms with Gasteiger partial charge in [0.2, 0.25) is 0 Å². The van der Waals surface area contributed by atoms with Crippen LogP contribution >= 0.6 is 0 Å². The van der Waals surface area contributed by atoms with Crippen LogP contribution in [-0.2, 0) is 9.59 Å². The summed E-state index contributed by atoms with van der Waals surface area (Å²) in [6, 6.07) is 0. The number of rotatable bonds is 1. The number of allylic oxidation sites excluding steroid dienone is 2. The van der Waals surface area contributed by atoms with Gasteiger partial charge in [0, 0.05) is 23.2 Å². The molecule has 5 rings (SSSR count). The van der Waals surface area contributed by atoms with Crippen LogP contribution in [0.3, 0.4) is 0 Å². The molecule has 0 bridgehead atoms. The van der Waals surface area contributed by atoms with Gasteiger partial charge in [-0.15, -0.1) is 0 Å². The van der Waals surface area contributed by atoms with E-state index >= 15 is 0 Å². The van der Waals surface area contributed by atoms with Gasteiger partial charge in [0.25, 0.3) is 0 Å². The van der Waals surface area contributed by atoms with E-state index in [4.69, 9.17) is 0 Å². The third kappa shape index (κ3) is 2.86. The molecule has 3 unspecified atom stereocenters. The maximum Gasteiger partial charge on any atom is 0.138 e. The molecule has 0 spiro atoms. The van der Waals surface area contributed by atoms with Gasteiger partial charge in [-0.1, -0.05) is 60.1 Å². The predicted molar refractivity (Wildman–Crippen MR) is 136 cm³/mol. The van der Waals surface area contributed by atoms with Crippen LogP contribution in [-0.4, -0.2) is 22.8 Å². The Labute approximate surface area is 207 Å². The van der Waals surface area contributed by atoms with Crippen molar-refractivity contribution in [2.45, 2.75) is 119 Å². The van der Waals surface area contributed by atoms with E-state index in [0.29, 0.717) is 29.8 Å². The smallest absolute Gasteiger partial charge is 0.138 e. The summed E-state index contributed by atoms with van der Waals surface area (Å²) in [4.78, 5) is 26.2. The average molecular weight is 469 g/mol. The van der Waals surface area contributed by atoms with Crippen LogP contribution < -0.4 is 0 Å². The molecule has 1 N–H and O–H groups in total. The van der Waals surface area contributed by atoms with E-state index in [-0.39, 0.29) is 33.0 Å². The maximum atomic E-state index is 13.2. The number of aliphatic hydroxyl groups excluding tert-OH is 1. The Morgan fingerprint density at radius 3 is 2.24 bits per heavy atom. The summed E-state index contributed by atoms with van der Waals surface area (Å²) in [5.41, 5.74) is 1.07. The van der Waals surface area contributed by atoms with Gasteiger partial charge in [0.1, 0.15) is 11.6 Å². The van der Waals surface area contributed by atoms with Crippen LogP contribution in [0.1, 0.15) is 113 Å². The molecule has 4 fully saturated rings. The average Bonchev–Trinajstić information content (AvgIpc) is 2.70. The molecule has 3 heteroatoms. The molecule has 8 atom stereocenters. The number of aliphatic hydroxyl groups is 1. The van der Waals surface area contributed by atoms with E-state index < -0.39 is 11.5 Å². The number of fused-ring (bicyclic) bond motifs is 7. The molecule has 0 aromatic heterocycles. The van der Waals surface area contributed by atoms with Crippen LogP contribution in [0.2, 0.25) is 0 Å². The van der Waals surface area contributed by atoms with E-state index in [2.05, 4.69) is 54.5 Å².